The molecule has 0 saturated heterocycles. The molecule has 0 heterocycles. The molecule has 0 amide bonds. The van der Waals surface area contributed by atoms with Gasteiger partial charge in [0.2, 0.25) is 0 Å². The molecule has 0 bridgehead atoms. The summed E-state index contributed by atoms with van der Waals surface area (Å²) in [5, 5.41) is 0. The van der Waals surface area contributed by atoms with Gasteiger partial charge in [0, 0.05) is 13.7 Å². The summed E-state index contributed by atoms with van der Waals surface area (Å²) in [6.07, 6.45) is 0. The van der Waals surface area contributed by atoms with Crippen molar-refractivity contribution < 1.29 is 22.7 Å². The molecule has 0 aliphatic rings. The molecule has 0 spiro atoms. The Kier molecular flexibility index (Phi) is 6.59. The van der Waals surface area contributed by atoms with Crippen LogP contribution in [0.2, 0.25) is 0 Å². The van der Waals surface area contributed by atoms with Crippen LogP contribution in [-0.4, -0.2) is 41.8 Å². The molecular formula is C12H18N2O5S. The molecule has 7 nitrogen and oxygen atoms in total. The highest BCUT2D eigenvalue weighted by atomic mass is 32.2. The van der Waals surface area contributed by atoms with Crippen LogP contribution in [0.25, 0.3) is 0 Å². The van der Waals surface area contributed by atoms with Gasteiger partial charge in [-0.3, -0.25) is 0 Å². The number of nitrogens with one attached hydrogen (secondary N) is 2. The highest BCUT2D eigenvalue weighted by molar-refractivity contribution is 7.87. The molecule has 112 valence electrons. The minimum Gasteiger partial charge on any atom is -0.468 e. The average Bonchev–Trinajstić information content (AvgIpc) is 2.45. The van der Waals surface area contributed by atoms with Crippen molar-refractivity contribution in [3.8, 4) is 0 Å². The fourth-order valence-electron chi connectivity index (χ4n) is 1.49. The molecule has 0 fully saturated rings. The largest absolute Gasteiger partial charge is 0.468 e. The highest BCUT2D eigenvalue weighted by Crippen LogP contribution is 2.14. The van der Waals surface area contributed by atoms with Crippen molar-refractivity contribution in [3.05, 3.63) is 35.9 Å². The van der Waals surface area contributed by atoms with Gasteiger partial charge in [-0.05, 0) is 5.56 Å². The molecule has 2 N–H and O–H groups in total. The first kappa shape index (κ1) is 16.6. The zero-order chi connectivity index (χ0) is 15.0. The van der Waals surface area contributed by atoms with Gasteiger partial charge < -0.3 is 9.47 Å². The van der Waals surface area contributed by atoms with Crippen molar-refractivity contribution in [3.63, 3.8) is 0 Å². The van der Waals surface area contributed by atoms with Crippen LogP contribution in [0.5, 0.6) is 0 Å². The molecule has 1 unspecified atom stereocenters. The van der Waals surface area contributed by atoms with Gasteiger partial charge in [-0.1, -0.05) is 30.3 Å². The highest BCUT2D eigenvalue weighted by Gasteiger charge is 2.26. The van der Waals surface area contributed by atoms with E-state index in [1.165, 1.54) is 14.2 Å². The Morgan fingerprint density at radius 1 is 1.25 bits per heavy atom. The van der Waals surface area contributed by atoms with E-state index in [0.29, 0.717) is 5.56 Å². The number of hydrogen-bond donors (Lipinski definition) is 2. The summed E-state index contributed by atoms with van der Waals surface area (Å²) in [5.74, 6) is -0.687. The summed E-state index contributed by atoms with van der Waals surface area (Å²) in [6.45, 7) is 0.337. The van der Waals surface area contributed by atoms with Gasteiger partial charge in [-0.15, -0.1) is 0 Å². The molecule has 0 aromatic heterocycles. The number of rotatable bonds is 8. The smallest absolute Gasteiger partial charge is 0.328 e. The standard InChI is InChI=1S/C12H18N2O5S/c1-18-9-8-13-20(16,17)14-11(12(15)19-2)10-6-4-3-5-7-10/h3-7,11,13-14H,8-9H2,1-2H3. The number of carbonyl (C=O) groups excluding carboxylic acids is 1. The van der Waals surface area contributed by atoms with Gasteiger partial charge in [-0.2, -0.15) is 17.9 Å². The number of esters is 1. The predicted octanol–water partition coefficient (Wildman–Crippen LogP) is -0.0289. The van der Waals surface area contributed by atoms with Crippen molar-refractivity contribution in [2.45, 2.75) is 6.04 Å². The van der Waals surface area contributed by atoms with Gasteiger partial charge in [0.1, 0.15) is 6.04 Å². The summed E-state index contributed by atoms with van der Waals surface area (Å²) < 4.78 is 37.5. The second-order valence-electron chi connectivity index (χ2n) is 3.88. The third-order valence-electron chi connectivity index (χ3n) is 2.44. The predicted molar refractivity (Wildman–Crippen MR) is 73.1 cm³/mol. The third kappa shape index (κ3) is 5.25. The van der Waals surface area contributed by atoms with Crippen molar-refractivity contribution in [2.24, 2.45) is 0 Å². The Morgan fingerprint density at radius 2 is 1.90 bits per heavy atom. The van der Waals surface area contributed by atoms with Crippen LogP contribution in [0, 0.1) is 0 Å². The van der Waals surface area contributed by atoms with E-state index in [1.54, 1.807) is 30.3 Å². The maximum Gasteiger partial charge on any atom is 0.328 e. The van der Waals surface area contributed by atoms with E-state index in [4.69, 9.17) is 4.74 Å². The average molecular weight is 302 g/mol. The maximum absolute atomic E-state index is 11.8. The topological polar surface area (TPSA) is 93.7 Å². The number of hydrogen-bond acceptors (Lipinski definition) is 5. The van der Waals surface area contributed by atoms with Crippen LogP contribution in [-0.2, 0) is 24.5 Å². The molecule has 1 aromatic carbocycles. The lowest BCUT2D eigenvalue weighted by atomic mass is 10.1. The summed E-state index contributed by atoms with van der Waals surface area (Å²) in [6, 6.07) is 7.36. The van der Waals surface area contributed by atoms with Crippen LogP contribution < -0.4 is 9.44 Å². The molecule has 1 aromatic rings. The number of ether oxygens (including phenoxy) is 2. The normalized spacial score (nSPS) is 12.9. The summed E-state index contributed by atoms with van der Waals surface area (Å²) in [4.78, 5) is 11.7. The van der Waals surface area contributed by atoms with E-state index < -0.39 is 22.2 Å². The van der Waals surface area contributed by atoms with Crippen molar-refractivity contribution in [1.82, 2.24) is 9.44 Å². The molecule has 20 heavy (non-hydrogen) atoms. The Balaban J connectivity index is 2.83. The molecule has 0 aliphatic carbocycles. The van der Waals surface area contributed by atoms with Crippen LogP contribution in [0.1, 0.15) is 11.6 Å². The van der Waals surface area contributed by atoms with E-state index in [0.717, 1.165) is 0 Å². The number of carbonyl (C=O) groups is 1. The monoisotopic (exact) mass is 302 g/mol. The Bertz CT molecular complexity index is 518. The van der Waals surface area contributed by atoms with E-state index >= 15 is 0 Å². The lowest BCUT2D eigenvalue weighted by Gasteiger charge is -2.17. The Morgan fingerprint density at radius 3 is 2.45 bits per heavy atom. The molecule has 1 atom stereocenters. The van der Waals surface area contributed by atoms with Crippen molar-refractivity contribution in [1.29, 1.82) is 0 Å². The molecular weight excluding hydrogens is 284 g/mol. The van der Waals surface area contributed by atoms with Crippen molar-refractivity contribution in [2.75, 3.05) is 27.4 Å². The van der Waals surface area contributed by atoms with E-state index in [1.807, 2.05) is 0 Å². The first-order chi connectivity index (χ1) is 9.50. The van der Waals surface area contributed by atoms with Gasteiger partial charge in [-0.25, -0.2) is 4.79 Å². The first-order valence-corrected chi connectivity index (χ1v) is 7.37. The van der Waals surface area contributed by atoms with Gasteiger partial charge >= 0.3 is 5.97 Å². The SMILES string of the molecule is COCCNS(=O)(=O)NC(C(=O)OC)c1ccccc1. The van der Waals surface area contributed by atoms with Crippen LogP contribution >= 0.6 is 0 Å². The third-order valence-corrected chi connectivity index (χ3v) is 3.57. The van der Waals surface area contributed by atoms with Crippen molar-refractivity contribution >= 4 is 16.2 Å². The lowest BCUT2D eigenvalue weighted by molar-refractivity contribution is -0.142. The van der Waals surface area contributed by atoms with E-state index in [9.17, 15) is 13.2 Å². The Labute approximate surface area is 118 Å². The summed E-state index contributed by atoms with van der Waals surface area (Å²) in [7, 11) is -1.18. The van der Waals surface area contributed by atoms with Gasteiger partial charge in [0.15, 0.2) is 0 Å². The Hall–Kier alpha value is -1.48. The lowest BCUT2D eigenvalue weighted by Crippen LogP contribution is -2.42. The van der Waals surface area contributed by atoms with Gasteiger partial charge in [0.05, 0.1) is 13.7 Å². The minimum atomic E-state index is -3.84. The number of benzene rings is 1. The molecule has 0 saturated carbocycles. The minimum absolute atomic E-state index is 0.106. The second-order valence-corrected chi connectivity index (χ2v) is 5.41. The van der Waals surface area contributed by atoms with E-state index in [2.05, 4.69) is 14.2 Å². The number of methoxy groups -OCH3 is 2. The first-order valence-electron chi connectivity index (χ1n) is 5.89. The van der Waals surface area contributed by atoms with Crippen LogP contribution in [0.3, 0.4) is 0 Å². The summed E-state index contributed by atoms with van der Waals surface area (Å²) in [5.41, 5.74) is 0.497. The zero-order valence-electron chi connectivity index (χ0n) is 11.3. The van der Waals surface area contributed by atoms with Crippen LogP contribution in [0.15, 0.2) is 30.3 Å². The van der Waals surface area contributed by atoms with Gasteiger partial charge in [0.25, 0.3) is 10.2 Å². The van der Waals surface area contributed by atoms with E-state index in [-0.39, 0.29) is 13.2 Å². The molecule has 1 rings (SSSR count). The summed E-state index contributed by atoms with van der Waals surface area (Å²) >= 11 is 0. The zero-order valence-corrected chi connectivity index (χ0v) is 12.1. The molecule has 0 radical (unpaired) electrons. The molecule has 0 aliphatic heterocycles. The second kappa shape index (κ2) is 7.95. The fourth-order valence-corrected chi connectivity index (χ4v) is 2.47. The quantitative estimate of drug-likeness (QED) is 0.519. The molecule has 8 heteroatoms. The fraction of sp³-hybridized carbons (Fsp3) is 0.417. The van der Waals surface area contributed by atoms with Crippen LogP contribution in [0.4, 0.5) is 0 Å². The maximum atomic E-state index is 11.8.